The van der Waals surface area contributed by atoms with Gasteiger partial charge in [0.1, 0.15) is 10.4 Å². The van der Waals surface area contributed by atoms with Crippen LogP contribution in [0.2, 0.25) is 0 Å². The second-order valence-electron chi connectivity index (χ2n) is 7.42. The molecule has 2 amide bonds. The van der Waals surface area contributed by atoms with Crippen molar-refractivity contribution in [3.05, 3.63) is 35.9 Å². The molecule has 2 heterocycles. The molecule has 6 nitrogen and oxygen atoms in total. The monoisotopic (exact) mass is 421 g/mol. The van der Waals surface area contributed by atoms with E-state index in [2.05, 4.69) is 0 Å². The van der Waals surface area contributed by atoms with Crippen LogP contribution in [0.3, 0.4) is 0 Å². The van der Waals surface area contributed by atoms with Gasteiger partial charge in [-0.05, 0) is 25.3 Å². The lowest BCUT2D eigenvalue weighted by atomic mass is 9.98. The average Bonchev–Trinajstić information content (AvgIpc) is 3.00. The van der Waals surface area contributed by atoms with Gasteiger partial charge in [-0.3, -0.25) is 9.69 Å². The van der Waals surface area contributed by atoms with E-state index >= 15 is 0 Å². The number of cyclic esters (lactones) is 1. The van der Waals surface area contributed by atoms with Crippen LogP contribution in [0.4, 0.5) is 4.79 Å². The van der Waals surface area contributed by atoms with Gasteiger partial charge in [0.25, 0.3) is 0 Å². The van der Waals surface area contributed by atoms with Gasteiger partial charge >= 0.3 is 6.09 Å². The van der Waals surface area contributed by atoms with Gasteiger partial charge in [-0.1, -0.05) is 54.3 Å². The molecular weight excluding hydrogens is 394 g/mol. The van der Waals surface area contributed by atoms with Crippen LogP contribution in [-0.4, -0.2) is 76.0 Å². The highest BCUT2D eigenvalue weighted by Gasteiger charge is 2.44. The molecule has 0 spiro atoms. The molecule has 2 aliphatic heterocycles. The largest absolute Gasteiger partial charge is 0.439 e. The van der Waals surface area contributed by atoms with Gasteiger partial charge in [0.05, 0.1) is 11.8 Å². The summed E-state index contributed by atoms with van der Waals surface area (Å²) in [5, 5.41) is 0. The van der Waals surface area contributed by atoms with Crippen LogP contribution < -0.4 is 0 Å². The first-order valence-electron chi connectivity index (χ1n) is 9.54. The minimum atomic E-state index is -0.252. The summed E-state index contributed by atoms with van der Waals surface area (Å²) < 4.78 is 6.38. The van der Waals surface area contributed by atoms with Crippen LogP contribution in [-0.2, 0) is 9.53 Å². The zero-order valence-electron chi connectivity index (χ0n) is 16.5. The molecular formula is C20H27N3O3S2. The van der Waals surface area contributed by atoms with E-state index in [1.54, 1.807) is 0 Å². The minimum Gasteiger partial charge on any atom is -0.439 e. The van der Waals surface area contributed by atoms with Crippen molar-refractivity contribution in [1.82, 2.24) is 14.7 Å². The number of likely N-dealkylation sites (tertiary alicyclic amines) is 1. The molecule has 28 heavy (non-hydrogen) atoms. The van der Waals surface area contributed by atoms with Crippen LogP contribution in [0, 0.1) is 0 Å². The molecule has 2 atom stereocenters. The molecule has 0 aliphatic carbocycles. The molecule has 0 bridgehead atoms. The van der Waals surface area contributed by atoms with Crippen molar-refractivity contribution < 1.29 is 14.3 Å². The summed E-state index contributed by atoms with van der Waals surface area (Å²) in [6.07, 6.45) is 1.06. The number of hydrogen-bond acceptors (Lipinski definition) is 5. The standard InChI is InChI=1S/C20H27N3O3S2/c1-14-18(15-7-5-4-6-8-15)26-19(25)23(14)16-9-11-22(12-10-16)17(24)13-28-20(27)21(2)3/h4-8,14,16,18H,9-13H2,1-3H3/t14-,18-/m1/s1. The Morgan fingerprint density at radius 3 is 2.50 bits per heavy atom. The third-order valence-electron chi connectivity index (χ3n) is 5.34. The number of amides is 2. The molecule has 3 rings (SSSR count). The number of thiocarbonyl (C=S) groups is 1. The van der Waals surface area contributed by atoms with Crippen molar-refractivity contribution in [1.29, 1.82) is 0 Å². The highest BCUT2D eigenvalue weighted by Crippen LogP contribution is 2.35. The number of benzene rings is 1. The van der Waals surface area contributed by atoms with Gasteiger partial charge in [0.2, 0.25) is 5.91 Å². The maximum atomic E-state index is 12.5. The summed E-state index contributed by atoms with van der Waals surface area (Å²) in [7, 11) is 3.76. The molecule has 2 fully saturated rings. The minimum absolute atomic E-state index is 0.0184. The molecule has 0 aromatic heterocycles. The molecule has 0 radical (unpaired) electrons. The van der Waals surface area contributed by atoms with Crippen LogP contribution in [0.15, 0.2) is 30.3 Å². The predicted molar refractivity (Wildman–Crippen MR) is 115 cm³/mol. The Labute approximate surface area is 176 Å². The first kappa shape index (κ1) is 20.9. The van der Waals surface area contributed by atoms with Crippen molar-refractivity contribution in [2.75, 3.05) is 32.9 Å². The molecule has 8 heteroatoms. The summed E-state index contributed by atoms with van der Waals surface area (Å²) in [4.78, 5) is 30.6. The molecule has 2 saturated heterocycles. The van der Waals surface area contributed by atoms with Gasteiger partial charge in [0.15, 0.2) is 0 Å². The van der Waals surface area contributed by atoms with Crippen LogP contribution in [0.5, 0.6) is 0 Å². The third kappa shape index (κ3) is 4.60. The van der Waals surface area contributed by atoms with E-state index in [9.17, 15) is 9.59 Å². The van der Waals surface area contributed by atoms with E-state index in [4.69, 9.17) is 17.0 Å². The Hall–Kier alpha value is -1.80. The molecule has 2 aliphatic rings. The topological polar surface area (TPSA) is 53.1 Å². The van der Waals surface area contributed by atoms with Gasteiger partial charge in [-0.25, -0.2) is 4.79 Å². The number of rotatable bonds is 4. The number of carbonyl (C=O) groups is 2. The summed E-state index contributed by atoms with van der Waals surface area (Å²) in [5.74, 6) is 0.465. The quantitative estimate of drug-likeness (QED) is 0.696. The zero-order chi connectivity index (χ0) is 20.3. The van der Waals surface area contributed by atoms with E-state index in [-0.39, 0.29) is 30.2 Å². The number of ether oxygens (including phenoxy) is 1. The fourth-order valence-electron chi connectivity index (χ4n) is 3.79. The molecule has 0 unspecified atom stereocenters. The smallest absolute Gasteiger partial charge is 0.411 e. The van der Waals surface area contributed by atoms with Gasteiger partial charge in [0, 0.05) is 33.2 Å². The van der Waals surface area contributed by atoms with Crippen LogP contribution in [0.25, 0.3) is 0 Å². The Morgan fingerprint density at radius 1 is 1.25 bits per heavy atom. The number of nitrogens with zero attached hydrogens (tertiary/aromatic N) is 3. The lowest BCUT2D eigenvalue weighted by Crippen LogP contribution is -2.49. The maximum Gasteiger partial charge on any atom is 0.411 e. The molecule has 0 saturated carbocycles. The van der Waals surface area contributed by atoms with Crippen molar-refractivity contribution in [3.8, 4) is 0 Å². The normalized spacial score (nSPS) is 22.9. The van der Waals surface area contributed by atoms with Gasteiger partial charge in [-0.15, -0.1) is 0 Å². The number of hydrogen-bond donors (Lipinski definition) is 0. The SMILES string of the molecule is C[C@@H]1[C@H](c2ccccc2)OC(=O)N1C1CCN(C(=O)CSC(=S)N(C)C)CC1. The Morgan fingerprint density at radius 2 is 1.89 bits per heavy atom. The average molecular weight is 422 g/mol. The molecule has 0 N–H and O–H groups in total. The maximum absolute atomic E-state index is 12.5. The van der Waals surface area contributed by atoms with E-state index in [1.165, 1.54) is 11.8 Å². The van der Waals surface area contributed by atoms with Crippen molar-refractivity contribution in [3.63, 3.8) is 0 Å². The zero-order valence-corrected chi connectivity index (χ0v) is 18.2. The number of carbonyl (C=O) groups excluding carboxylic acids is 2. The Bertz CT molecular complexity index is 721. The highest BCUT2D eigenvalue weighted by atomic mass is 32.2. The van der Waals surface area contributed by atoms with Gasteiger partial charge in [-0.2, -0.15) is 0 Å². The van der Waals surface area contributed by atoms with Crippen molar-refractivity contribution >= 4 is 40.3 Å². The molecule has 1 aromatic rings. The second-order valence-corrected chi connectivity index (χ2v) is 9.03. The van der Waals surface area contributed by atoms with Gasteiger partial charge < -0.3 is 14.5 Å². The first-order chi connectivity index (χ1) is 13.4. The fraction of sp³-hybridized carbons (Fsp3) is 0.550. The summed E-state index contributed by atoms with van der Waals surface area (Å²) in [6.45, 7) is 3.36. The van der Waals surface area contributed by atoms with E-state index in [0.29, 0.717) is 23.2 Å². The van der Waals surface area contributed by atoms with E-state index in [1.807, 2.05) is 66.1 Å². The first-order valence-corrected chi connectivity index (χ1v) is 10.9. The Balaban J connectivity index is 1.54. The van der Waals surface area contributed by atoms with Crippen LogP contribution in [0.1, 0.15) is 31.4 Å². The highest BCUT2D eigenvalue weighted by molar-refractivity contribution is 8.23. The number of piperidine rings is 1. The second kappa shape index (κ2) is 9.13. The fourth-order valence-corrected chi connectivity index (χ4v) is 4.65. The van der Waals surface area contributed by atoms with E-state index < -0.39 is 0 Å². The van der Waals surface area contributed by atoms with Crippen molar-refractivity contribution in [2.24, 2.45) is 0 Å². The number of thioether (sulfide) groups is 1. The molecule has 1 aromatic carbocycles. The third-order valence-corrected chi connectivity index (χ3v) is 7.06. The van der Waals surface area contributed by atoms with Crippen LogP contribution >= 0.6 is 24.0 Å². The predicted octanol–water partition coefficient (Wildman–Crippen LogP) is 3.14. The molecule has 152 valence electrons. The lowest BCUT2D eigenvalue weighted by Gasteiger charge is -2.37. The Kier molecular flexibility index (Phi) is 6.82. The summed E-state index contributed by atoms with van der Waals surface area (Å²) in [5.41, 5.74) is 1.02. The summed E-state index contributed by atoms with van der Waals surface area (Å²) >= 11 is 6.62. The van der Waals surface area contributed by atoms with E-state index in [0.717, 1.165) is 18.4 Å². The summed E-state index contributed by atoms with van der Waals surface area (Å²) in [6, 6.07) is 9.96. The lowest BCUT2D eigenvalue weighted by molar-refractivity contribution is -0.129. The van der Waals surface area contributed by atoms with Crippen molar-refractivity contribution in [2.45, 2.75) is 38.0 Å².